The summed E-state index contributed by atoms with van der Waals surface area (Å²) in [6, 6.07) is 29.5. The maximum atomic E-state index is 14.0. The molecule has 1 N–H and O–H groups in total. The van der Waals surface area contributed by atoms with Crippen LogP contribution in [0.1, 0.15) is 41.0 Å². The number of anilines is 1. The van der Waals surface area contributed by atoms with E-state index in [4.69, 9.17) is 16.7 Å². The Morgan fingerprint density at radius 1 is 0.974 bits per heavy atom. The van der Waals surface area contributed by atoms with Crippen LogP contribution < -0.4 is 5.32 Å². The van der Waals surface area contributed by atoms with Gasteiger partial charge in [0.1, 0.15) is 5.82 Å². The largest absolute Gasteiger partial charge is 0.323 e. The zero-order valence-electron chi connectivity index (χ0n) is 21.3. The Morgan fingerprint density at radius 3 is 2.45 bits per heavy atom. The van der Waals surface area contributed by atoms with E-state index in [1.807, 2.05) is 71.1 Å². The fourth-order valence-corrected chi connectivity index (χ4v) is 5.37. The number of benzene rings is 3. The number of carbonyl (C=O) groups excluding carboxylic acids is 1. The average molecular weight is 522 g/mol. The number of carbonyl (C=O) groups is 1. The molecule has 6 rings (SSSR count). The van der Waals surface area contributed by atoms with E-state index in [9.17, 15) is 4.79 Å². The fourth-order valence-electron chi connectivity index (χ4n) is 5.19. The molecule has 0 saturated heterocycles. The Morgan fingerprint density at radius 2 is 1.71 bits per heavy atom. The molecule has 2 aromatic heterocycles. The molecule has 38 heavy (non-hydrogen) atoms. The number of hydrogen-bond acceptors (Lipinski definition) is 2. The fraction of sp³-hybridized carbons (Fsp3) is 0.161. The normalized spacial score (nSPS) is 14.5. The number of nitrogens with one attached hydrogen (secondary N) is 1. The predicted molar refractivity (Wildman–Crippen MR) is 151 cm³/mol. The van der Waals surface area contributed by atoms with Gasteiger partial charge in [0.25, 0.3) is 0 Å². The van der Waals surface area contributed by atoms with Crippen LogP contribution in [0.3, 0.4) is 0 Å². The van der Waals surface area contributed by atoms with E-state index in [0.29, 0.717) is 17.3 Å². The number of aryl methyl sites for hydroxylation is 2. The van der Waals surface area contributed by atoms with E-state index in [0.717, 1.165) is 40.4 Å². The molecule has 3 aromatic carbocycles. The first-order chi connectivity index (χ1) is 18.5. The van der Waals surface area contributed by atoms with Gasteiger partial charge >= 0.3 is 6.03 Å². The third-order valence-electron chi connectivity index (χ3n) is 7.17. The highest BCUT2D eigenvalue weighted by Gasteiger charge is 2.36. The van der Waals surface area contributed by atoms with Crippen LogP contribution in [0.4, 0.5) is 10.5 Å². The Hall–Kier alpha value is -4.29. The maximum Gasteiger partial charge on any atom is 0.323 e. The first-order valence-electron chi connectivity index (χ1n) is 12.8. The Bertz CT molecular complexity index is 1600. The number of rotatable bonds is 4. The zero-order chi connectivity index (χ0) is 26.2. The second-order valence-corrected chi connectivity index (χ2v) is 9.88. The molecule has 5 aromatic rings. The Balaban J connectivity index is 1.53. The van der Waals surface area contributed by atoms with Gasteiger partial charge in [-0.05, 0) is 60.9 Å². The van der Waals surface area contributed by atoms with Crippen LogP contribution in [0.5, 0.6) is 0 Å². The van der Waals surface area contributed by atoms with Crippen LogP contribution in [0, 0.1) is 6.92 Å². The van der Waals surface area contributed by atoms with Crippen molar-refractivity contribution in [2.45, 2.75) is 32.9 Å². The summed E-state index contributed by atoms with van der Waals surface area (Å²) in [5.74, 6) is 0.942. The smallest absolute Gasteiger partial charge is 0.307 e. The molecule has 0 fully saturated rings. The first-order valence-corrected chi connectivity index (χ1v) is 13.2. The highest BCUT2D eigenvalue weighted by atomic mass is 35.5. The Kier molecular flexibility index (Phi) is 6.26. The van der Waals surface area contributed by atoms with Crippen molar-refractivity contribution in [3.8, 4) is 11.5 Å². The SMILES string of the molecule is CCc1ccc([C@@H]2c3cccn3-c3c(c(C)nn3-c3ccccc3)CN2C(=O)Nc2ccccc2Cl)cc1. The van der Waals surface area contributed by atoms with Gasteiger partial charge in [-0.2, -0.15) is 5.10 Å². The lowest BCUT2D eigenvalue weighted by molar-refractivity contribution is 0.194. The number of hydrogen-bond donors (Lipinski definition) is 1. The lowest BCUT2D eigenvalue weighted by Crippen LogP contribution is -2.38. The second-order valence-electron chi connectivity index (χ2n) is 9.47. The van der Waals surface area contributed by atoms with Crippen LogP contribution in [-0.4, -0.2) is 25.3 Å². The molecule has 1 atom stereocenters. The van der Waals surface area contributed by atoms with Crippen molar-refractivity contribution in [1.29, 1.82) is 0 Å². The summed E-state index contributed by atoms with van der Waals surface area (Å²) in [6.07, 6.45) is 3.01. The number of halogens is 1. The van der Waals surface area contributed by atoms with Gasteiger partial charge < -0.3 is 14.8 Å². The van der Waals surface area contributed by atoms with Crippen molar-refractivity contribution >= 4 is 23.3 Å². The van der Waals surface area contributed by atoms with E-state index < -0.39 is 0 Å². The molecule has 6 nitrogen and oxygen atoms in total. The number of nitrogens with zero attached hydrogens (tertiary/aromatic N) is 4. The van der Waals surface area contributed by atoms with Crippen molar-refractivity contribution in [2.75, 3.05) is 5.32 Å². The van der Waals surface area contributed by atoms with Gasteiger partial charge in [-0.15, -0.1) is 0 Å². The maximum absolute atomic E-state index is 14.0. The number of fused-ring (bicyclic) bond motifs is 3. The van der Waals surface area contributed by atoms with Gasteiger partial charge in [0.2, 0.25) is 0 Å². The minimum atomic E-state index is -0.325. The molecule has 190 valence electrons. The summed E-state index contributed by atoms with van der Waals surface area (Å²) in [5.41, 5.74) is 6.70. The molecule has 7 heteroatoms. The van der Waals surface area contributed by atoms with Crippen molar-refractivity contribution in [3.63, 3.8) is 0 Å². The summed E-state index contributed by atoms with van der Waals surface area (Å²) < 4.78 is 4.14. The number of amides is 2. The van der Waals surface area contributed by atoms with E-state index in [1.54, 1.807) is 6.07 Å². The minimum Gasteiger partial charge on any atom is -0.307 e. The lowest BCUT2D eigenvalue weighted by atomic mass is 9.99. The third-order valence-corrected chi connectivity index (χ3v) is 7.50. The van der Waals surface area contributed by atoms with Crippen molar-refractivity contribution in [2.24, 2.45) is 0 Å². The monoisotopic (exact) mass is 521 g/mol. The van der Waals surface area contributed by atoms with E-state index >= 15 is 0 Å². The standard InChI is InChI=1S/C31H28ClN5O/c1-3-22-15-17-23(18-16-22)29-28-14-9-19-35(28)30-25(21(2)34-37(30)24-10-5-4-6-11-24)20-36(29)31(38)33-27-13-8-7-12-26(27)32/h4-19,29H,3,20H2,1-2H3,(H,33,38)/t29-/m1/s1. The quantitative estimate of drug-likeness (QED) is 0.269. The summed E-state index contributed by atoms with van der Waals surface area (Å²) >= 11 is 6.42. The highest BCUT2D eigenvalue weighted by Crippen LogP contribution is 2.39. The van der Waals surface area contributed by atoms with Gasteiger partial charge in [0.15, 0.2) is 0 Å². The number of para-hydroxylation sites is 2. The summed E-state index contributed by atoms with van der Waals surface area (Å²) in [6.45, 7) is 4.53. The van der Waals surface area contributed by atoms with Crippen LogP contribution in [0.15, 0.2) is 97.2 Å². The van der Waals surface area contributed by atoms with Crippen LogP contribution in [0.25, 0.3) is 11.5 Å². The van der Waals surface area contributed by atoms with Gasteiger partial charge in [-0.25, -0.2) is 9.48 Å². The summed E-state index contributed by atoms with van der Waals surface area (Å²) in [4.78, 5) is 15.9. The van der Waals surface area contributed by atoms with E-state index in [1.165, 1.54) is 5.56 Å². The lowest BCUT2D eigenvalue weighted by Gasteiger charge is -2.31. The van der Waals surface area contributed by atoms with Crippen molar-refractivity contribution < 1.29 is 4.79 Å². The first kappa shape index (κ1) is 24.1. The molecular formula is C31H28ClN5O. The summed E-state index contributed by atoms with van der Waals surface area (Å²) in [5, 5.41) is 8.47. The molecule has 0 radical (unpaired) electrons. The molecule has 0 unspecified atom stereocenters. The van der Waals surface area contributed by atoms with Gasteiger partial charge in [0, 0.05) is 11.8 Å². The molecule has 0 aliphatic carbocycles. The molecule has 2 amide bonds. The number of urea groups is 1. The van der Waals surface area contributed by atoms with Crippen LogP contribution in [0.2, 0.25) is 5.02 Å². The Labute approximate surface area is 227 Å². The molecule has 3 heterocycles. The van der Waals surface area contributed by atoms with E-state index in [2.05, 4.69) is 53.3 Å². The van der Waals surface area contributed by atoms with E-state index in [-0.39, 0.29) is 12.1 Å². The van der Waals surface area contributed by atoms with Gasteiger partial charge in [0.05, 0.1) is 40.4 Å². The molecule has 1 aliphatic rings. The van der Waals surface area contributed by atoms with Crippen LogP contribution in [-0.2, 0) is 13.0 Å². The van der Waals surface area contributed by atoms with Crippen molar-refractivity contribution in [1.82, 2.24) is 19.2 Å². The second kappa shape index (κ2) is 9.88. The molecule has 0 saturated carbocycles. The number of aromatic nitrogens is 3. The van der Waals surface area contributed by atoms with Gasteiger partial charge in [-0.1, -0.05) is 73.1 Å². The molecular weight excluding hydrogens is 494 g/mol. The van der Waals surface area contributed by atoms with Crippen molar-refractivity contribution in [3.05, 3.63) is 130 Å². The topological polar surface area (TPSA) is 55.1 Å². The molecule has 0 spiro atoms. The highest BCUT2D eigenvalue weighted by molar-refractivity contribution is 6.33. The average Bonchev–Trinajstić information content (AvgIpc) is 3.51. The third kappa shape index (κ3) is 4.17. The predicted octanol–water partition coefficient (Wildman–Crippen LogP) is 7.32. The molecule has 0 bridgehead atoms. The van der Waals surface area contributed by atoms with Gasteiger partial charge in [-0.3, -0.25) is 0 Å². The van der Waals surface area contributed by atoms with Crippen LogP contribution >= 0.6 is 11.6 Å². The molecule has 1 aliphatic heterocycles. The zero-order valence-corrected chi connectivity index (χ0v) is 22.1. The minimum absolute atomic E-state index is 0.227. The summed E-state index contributed by atoms with van der Waals surface area (Å²) in [7, 11) is 0.